The first kappa shape index (κ1) is 16.0. The molecular weight excluding hydrogens is 260 g/mol. The van der Waals surface area contributed by atoms with E-state index in [1.807, 2.05) is 31.2 Å². The molecule has 0 saturated heterocycles. The number of methoxy groups -OCH3 is 1. The van der Waals surface area contributed by atoms with E-state index in [-0.39, 0.29) is 12.5 Å². The minimum absolute atomic E-state index is 0.174. The van der Waals surface area contributed by atoms with E-state index in [1.165, 1.54) is 7.11 Å². The molecule has 0 radical (unpaired) electrons. The van der Waals surface area contributed by atoms with Crippen LogP contribution < -0.4 is 15.8 Å². The number of rotatable bonds is 7. The second kappa shape index (κ2) is 8.16. The fourth-order valence-electron chi connectivity index (χ4n) is 1.60. The molecule has 3 N–H and O–H groups in total. The molecule has 1 aromatic carbocycles. The number of hydrogen-bond acceptors (Lipinski definition) is 5. The first-order chi connectivity index (χ1) is 9.56. The molecule has 6 heteroatoms. The number of nitrogens with one attached hydrogen (secondary N) is 1. The van der Waals surface area contributed by atoms with Crippen molar-refractivity contribution in [3.8, 4) is 5.75 Å². The van der Waals surface area contributed by atoms with Crippen LogP contribution >= 0.6 is 0 Å². The maximum Gasteiger partial charge on any atom is 0.325 e. The topological polar surface area (TPSA) is 90.6 Å². The number of hydrogen-bond donors (Lipinski definition) is 2. The SMILES string of the molecule is CCOc1ccc(C[C@H](N)C(=O)NCC(=O)OC)cc1. The van der Waals surface area contributed by atoms with Crippen molar-refractivity contribution < 1.29 is 19.1 Å². The third-order valence-corrected chi connectivity index (χ3v) is 2.66. The smallest absolute Gasteiger partial charge is 0.325 e. The molecule has 0 fully saturated rings. The van der Waals surface area contributed by atoms with Gasteiger partial charge in [0.15, 0.2) is 0 Å². The van der Waals surface area contributed by atoms with Gasteiger partial charge in [0.25, 0.3) is 0 Å². The Morgan fingerprint density at radius 1 is 1.30 bits per heavy atom. The molecule has 0 aromatic heterocycles. The lowest BCUT2D eigenvalue weighted by atomic mass is 10.1. The molecule has 0 heterocycles. The molecule has 6 nitrogen and oxygen atoms in total. The third kappa shape index (κ3) is 5.27. The average Bonchev–Trinajstić information content (AvgIpc) is 2.46. The highest BCUT2D eigenvalue weighted by Gasteiger charge is 2.15. The Morgan fingerprint density at radius 3 is 2.50 bits per heavy atom. The van der Waals surface area contributed by atoms with Gasteiger partial charge in [-0.3, -0.25) is 9.59 Å². The molecule has 20 heavy (non-hydrogen) atoms. The minimum atomic E-state index is -0.711. The number of ether oxygens (including phenoxy) is 2. The van der Waals surface area contributed by atoms with Gasteiger partial charge in [0.2, 0.25) is 5.91 Å². The Bertz CT molecular complexity index is 445. The quantitative estimate of drug-likeness (QED) is 0.698. The Morgan fingerprint density at radius 2 is 1.95 bits per heavy atom. The van der Waals surface area contributed by atoms with Gasteiger partial charge in [-0.05, 0) is 31.0 Å². The van der Waals surface area contributed by atoms with Gasteiger partial charge in [-0.25, -0.2) is 0 Å². The summed E-state index contributed by atoms with van der Waals surface area (Å²) in [5, 5.41) is 2.42. The summed E-state index contributed by atoms with van der Waals surface area (Å²) in [6.07, 6.45) is 0.388. The fourth-order valence-corrected chi connectivity index (χ4v) is 1.60. The van der Waals surface area contributed by atoms with E-state index in [9.17, 15) is 9.59 Å². The lowest BCUT2D eigenvalue weighted by molar-refractivity contribution is -0.141. The van der Waals surface area contributed by atoms with Crippen molar-refractivity contribution in [2.24, 2.45) is 5.73 Å². The van der Waals surface area contributed by atoms with Crippen LogP contribution in [0.5, 0.6) is 5.75 Å². The molecule has 0 saturated carbocycles. The summed E-state index contributed by atoms with van der Waals surface area (Å²) < 4.78 is 9.76. The van der Waals surface area contributed by atoms with Crippen LogP contribution in [0.4, 0.5) is 0 Å². The van der Waals surface area contributed by atoms with E-state index in [1.54, 1.807) is 0 Å². The molecule has 1 amide bonds. The van der Waals surface area contributed by atoms with Gasteiger partial charge >= 0.3 is 5.97 Å². The number of carbonyl (C=O) groups excluding carboxylic acids is 2. The molecule has 0 aliphatic carbocycles. The third-order valence-electron chi connectivity index (χ3n) is 2.66. The van der Waals surface area contributed by atoms with E-state index < -0.39 is 12.0 Å². The molecule has 1 rings (SSSR count). The summed E-state index contributed by atoms with van der Waals surface area (Å²) >= 11 is 0. The van der Waals surface area contributed by atoms with Gasteiger partial charge in [0, 0.05) is 0 Å². The first-order valence-electron chi connectivity index (χ1n) is 6.38. The van der Waals surface area contributed by atoms with Crippen molar-refractivity contribution in [3.63, 3.8) is 0 Å². The Balaban J connectivity index is 2.46. The van der Waals surface area contributed by atoms with Crippen LogP contribution in [0.15, 0.2) is 24.3 Å². The molecule has 0 spiro atoms. The number of esters is 1. The van der Waals surface area contributed by atoms with Gasteiger partial charge in [-0.2, -0.15) is 0 Å². The second-order valence-electron chi connectivity index (χ2n) is 4.18. The van der Waals surface area contributed by atoms with Crippen LogP contribution in [0.3, 0.4) is 0 Å². The maximum absolute atomic E-state index is 11.7. The summed E-state index contributed by atoms with van der Waals surface area (Å²) in [5.41, 5.74) is 6.70. The lowest BCUT2D eigenvalue weighted by Crippen LogP contribution is -2.44. The van der Waals surface area contributed by atoms with E-state index in [4.69, 9.17) is 10.5 Å². The summed E-state index contributed by atoms with van der Waals surface area (Å²) in [6.45, 7) is 2.34. The Kier molecular flexibility index (Phi) is 6.52. The summed E-state index contributed by atoms with van der Waals surface area (Å²) in [6, 6.07) is 6.67. The van der Waals surface area contributed by atoms with E-state index in [0.29, 0.717) is 13.0 Å². The summed E-state index contributed by atoms with van der Waals surface area (Å²) in [7, 11) is 1.26. The zero-order valence-corrected chi connectivity index (χ0v) is 11.7. The molecule has 1 atom stereocenters. The second-order valence-corrected chi connectivity index (χ2v) is 4.18. The zero-order chi connectivity index (χ0) is 15.0. The van der Waals surface area contributed by atoms with E-state index in [0.717, 1.165) is 11.3 Å². The summed E-state index contributed by atoms with van der Waals surface area (Å²) in [4.78, 5) is 22.6. The van der Waals surface area contributed by atoms with Crippen molar-refractivity contribution in [3.05, 3.63) is 29.8 Å². The predicted molar refractivity (Wildman–Crippen MR) is 74.3 cm³/mol. The largest absolute Gasteiger partial charge is 0.494 e. The number of amides is 1. The Hall–Kier alpha value is -2.08. The standard InChI is InChI=1S/C14H20N2O4/c1-3-20-11-6-4-10(5-7-11)8-12(15)14(18)16-9-13(17)19-2/h4-7,12H,3,8-9,15H2,1-2H3,(H,16,18)/t12-/m0/s1. The molecule has 0 unspecified atom stereocenters. The van der Waals surface area contributed by atoms with Gasteiger partial charge in [0.1, 0.15) is 12.3 Å². The van der Waals surface area contributed by atoms with Crippen molar-refractivity contribution >= 4 is 11.9 Å². The lowest BCUT2D eigenvalue weighted by Gasteiger charge is -2.12. The van der Waals surface area contributed by atoms with Crippen LogP contribution in [0.1, 0.15) is 12.5 Å². The molecule has 0 aliphatic heterocycles. The van der Waals surface area contributed by atoms with Crippen LogP contribution in [0, 0.1) is 0 Å². The molecule has 110 valence electrons. The summed E-state index contributed by atoms with van der Waals surface area (Å²) in [5.74, 6) is -0.115. The highest BCUT2D eigenvalue weighted by atomic mass is 16.5. The zero-order valence-electron chi connectivity index (χ0n) is 11.7. The molecule has 0 bridgehead atoms. The molecule has 1 aromatic rings. The van der Waals surface area contributed by atoms with E-state index >= 15 is 0 Å². The number of benzene rings is 1. The fraction of sp³-hybridized carbons (Fsp3) is 0.429. The highest BCUT2D eigenvalue weighted by molar-refractivity contribution is 5.85. The van der Waals surface area contributed by atoms with Crippen LogP contribution in [-0.2, 0) is 20.7 Å². The van der Waals surface area contributed by atoms with Gasteiger partial charge < -0.3 is 20.5 Å². The van der Waals surface area contributed by atoms with Gasteiger partial charge in [0.05, 0.1) is 19.8 Å². The molecule has 0 aliphatic rings. The normalized spacial score (nSPS) is 11.6. The van der Waals surface area contributed by atoms with Crippen LogP contribution in [0.2, 0.25) is 0 Å². The van der Waals surface area contributed by atoms with E-state index in [2.05, 4.69) is 10.1 Å². The van der Waals surface area contributed by atoms with Crippen molar-refractivity contribution in [2.75, 3.05) is 20.3 Å². The number of carbonyl (C=O) groups is 2. The monoisotopic (exact) mass is 280 g/mol. The average molecular weight is 280 g/mol. The van der Waals surface area contributed by atoms with Gasteiger partial charge in [-0.15, -0.1) is 0 Å². The molecular formula is C14H20N2O4. The van der Waals surface area contributed by atoms with Crippen LogP contribution in [-0.4, -0.2) is 38.2 Å². The van der Waals surface area contributed by atoms with Crippen molar-refractivity contribution in [2.45, 2.75) is 19.4 Å². The van der Waals surface area contributed by atoms with Crippen molar-refractivity contribution in [1.29, 1.82) is 0 Å². The van der Waals surface area contributed by atoms with Crippen molar-refractivity contribution in [1.82, 2.24) is 5.32 Å². The maximum atomic E-state index is 11.7. The highest BCUT2D eigenvalue weighted by Crippen LogP contribution is 2.13. The number of nitrogens with two attached hydrogens (primary N) is 1. The van der Waals surface area contributed by atoms with Crippen LogP contribution in [0.25, 0.3) is 0 Å². The van der Waals surface area contributed by atoms with Gasteiger partial charge in [-0.1, -0.05) is 12.1 Å². The minimum Gasteiger partial charge on any atom is -0.494 e. The predicted octanol–water partition coefficient (Wildman–Crippen LogP) is 0.244. The Labute approximate surface area is 118 Å². The first-order valence-corrected chi connectivity index (χ1v) is 6.38.